The van der Waals surface area contributed by atoms with Crippen LogP contribution in [-0.2, 0) is 6.54 Å². The van der Waals surface area contributed by atoms with Gasteiger partial charge in [-0.2, -0.15) is 0 Å². The van der Waals surface area contributed by atoms with Gasteiger partial charge in [0.25, 0.3) is 5.91 Å². The largest absolute Gasteiger partial charge is 0.493 e. The summed E-state index contributed by atoms with van der Waals surface area (Å²) >= 11 is 0. The van der Waals surface area contributed by atoms with Crippen LogP contribution in [0.3, 0.4) is 0 Å². The van der Waals surface area contributed by atoms with Gasteiger partial charge in [0.1, 0.15) is 17.8 Å². The fraction of sp³-hybridized carbons (Fsp3) is 0.190. The van der Waals surface area contributed by atoms with Gasteiger partial charge in [-0.05, 0) is 36.2 Å². The highest BCUT2D eigenvalue weighted by molar-refractivity contribution is 5.93. The molecule has 3 aromatic rings. The number of nitrogens with one attached hydrogen (secondary N) is 2. The lowest BCUT2D eigenvalue weighted by molar-refractivity contribution is 0.0945. The van der Waals surface area contributed by atoms with Crippen LogP contribution in [0, 0.1) is 6.92 Å². The number of rotatable bonds is 7. The Hall–Kier alpha value is -3.61. The van der Waals surface area contributed by atoms with Crippen molar-refractivity contribution in [3.05, 3.63) is 71.7 Å². The topological polar surface area (TPSA) is 85.4 Å². The molecular weight excluding hydrogens is 356 g/mol. The summed E-state index contributed by atoms with van der Waals surface area (Å²) in [5, 5.41) is 6.06. The number of carbonyl (C=O) groups is 1. The predicted molar refractivity (Wildman–Crippen MR) is 107 cm³/mol. The molecule has 2 aromatic carbocycles. The van der Waals surface area contributed by atoms with Crippen LogP contribution in [0.2, 0.25) is 0 Å². The number of benzene rings is 2. The first-order valence-electron chi connectivity index (χ1n) is 8.74. The minimum Gasteiger partial charge on any atom is -0.493 e. The molecule has 28 heavy (non-hydrogen) atoms. The molecular formula is C21H22N4O3. The van der Waals surface area contributed by atoms with E-state index in [0.29, 0.717) is 23.9 Å². The summed E-state index contributed by atoms with van der Waals surface area (Å²) in [6.45, 7) is 2.34. The molecule has 0 aliphatic carbocycles. The molecule has 0 fully saturated rings. The average molecular weight is 378 g/mol. The predicted octanol–water partition coefficient (Wildman–Crippen LogP) is 3.48. The van der Waals surface area contributed by atoms with Crippen LogP contribution in [0.1, 0.15) is 21.6 Å². The summed E-state index contributed by atoms with van der Waals surface area (Å²) in [5.41, 5.74) is 3.18. The van der Waals surface area contributed by atoms with Gasteiger partial charge in [0.15, 0.2) is 11.5 Å². The second-order valence-corrected chi connectivity index (χ2v) is 6.10. The minimum absolute atomic E-state index is 0.284. The van der Waals surface area contributed by atoms with E-state index in [0.717, 1.165) is 16.8 Å². The maximum atomic E-state index is 12.5. The van der Waals surface area contributed by atoms with E-state index in [-0.39, 0.29) is 11.6 Å². The highest BCUT2D eigenvalue weighted by Crippen LogP contribution is 2.27. The van der Waals surface area contributed by atoms with Gasteiger partial charge in [0, 0.05) is 18.3 Å². The van der Waals surface area contributed by atoms with E-state index in [4.69, 9.17) is 9.47 Å². The molecule has 1 aromatic heterocycles. The first kappa shape index (κ1) is 19.2. The molecule has 0 aliphatic rings. The van der Waals surface area contributed by atoms with E-state index in [9.17, 15) is 4.79 Å². The van der Waals surface area contributed by atoms with E-state index < -0.39 is 0 Å². The number of carbonyl (C=O) groups excluding carboxylic acids is 1. The summed E-state index contributed by atoms with van der Waals surface area (Å²) < 4.78 is 10.5. The Morgan fingerprint density at radius 2 is 1.79 bits per heavy atom. The molecule has 2 N–H and O–H groups in total. The molecule has 0 unspecified atom stereocenters. The Balaban J connectivity index is 1.67. The number of anilines is 2. The van der Waals surface area contributed by atoms with Crippen LogP contribution >= 0.6 is 0 Å². The van der Waals surface area contributed by atoms with Crippen molar-refractivity contribution in [3.63, 3.8) is 0 Å². The van der Waals surface area contributed by atoms with E-state index in [1.807, 2.05) is 43.3 Å². The van der Waals surface area contributed by atoms with Crippen LogP contribution in [0.25, 0.3) is 0 Å². The number of hydrogen-bond acceptors (Lipinski definition) is 6. The Kier molecular flexibility index (Phi) is 6.06. The van der Waals surface area contributed by atoms with E-state index >= 15 is 0 Å². The van der Waals surface area contributed by atoms with Gasteiger partial charge in [-0.3, -0.25) is 4.79 Å². The van der Waals surface area contributed by atoms with E-state index in [1.54, 1.807) is 26.4 Å². The smallest absolute Gasteiger partial charge is 0.270 e. The fourth-order valence-corrected chi connectivity index (χ4v) is 2.66. The lowest BCUT2D eigenvalue weighted by Gasteiger charge is -2.11. The SMILES string of the molecule is COc1ccc(CNC(=O)c2cc(Nc3ccccc3C)ncn2)cc1OC. The normalized spacial score (nSPS) is 10.2. The van der Waals surface area contributed by atoms with Crippen molar-refractivity contribution in [2.45, 2.75) is 13.5 Å². The van der Waals surface area contributed by atoms with Crippen molar-refractivity contribution in [2.75, 3.05) is 19.5 Å². The van der Waals surface area contributed by atoms with Gasteiger partial charge in [-0.25, -0.2) is 9.97 Å². The molecule has 1 amide bonds. The van der Waals surface area contributed by atoms with Gasteiger partial charge >= 0.3 is 0 Å². The number of methoxy groups -OCH3 is 2. The summed E-state index contributed by atoms with van der Waals surface area (Å²) in [5.74, 6) is 1.52. The number of nitrogens with zero attached hydrogens (tertiary/aromatic N) is 2. The highest BCUT2D eigenvalue weighted by Gasteiger charge is 2.10. The molecule has 7 heteroatoms. The van der Waals surface area contributed by atoms with Gasteiger partial charge < -0.3 is 20.1 Å². The number of para-hydroxylation sites is 1. The monoisotopic (exact) mass is 378 g/mol. The van der Waals surface area contributed by atoms with Gasteiger partial charge in [-0.15, -0.1) is 0 Å². The van der Waals surface area contributed by atoms with Gasteiger partial charge in [-0.1, -0.05) is 24.3 Å². The third-order valence-electron chi connectivity index (χ3n) is 4.21. The van der Waals surface area contributed by atoms with Crippen LogP contribution in [-0.4, -0.2) is 30.1 Å². The van der Waals surface area contributed by atoms with E-state index in [2.05, 4.69) is 20.6 Å². The third-order valence-corrected chi connectivity index (χ3v) is 4.21. The Bertz CT molecular complexity index is 975. The second-order valence-electron chi connectivity index (χ2n) is 6.10. The Morgan fingerprint density at radius 3 is 2.54 bits per heavy atom. The number of ether oxygens (including phenoxy) is 2. The van der Waals surface area contributed by atoms with Gasteiger partial charge in [0.05, 0.1) is 14.2 Å². The molecule has 0 bridgehead atoms. The number of amides is 1. The van der Waals surface area contributed by atoms with Crippen molar-refractivity contribution in [1.82, 2.24) is 15.3 Å². The maximum absolute atomic E-state index is 12.5. The van der Waals surface area contributed by atoms with Crippen molar-refractivity contribution in [1.29, 1.82) is 0 Å². The zero-order valence-electron chi connectivity index (χ0n) is 16.0. The van der Waals surface area contributed by atoms with Crippen LogP contribution in [0.15, 0.2) is 54.9 Å². The van der Waals surface area contributed by atoms with Crippen molar-refractivity contribution in [2.24, 2.45) is 0 Å². The lowest BCUT2D eigenvalue weighted by atomic mass is 10.2. The molecule has 0 radical (unpaired) electrons. The summed E-state index contributed by atoms with van der Waals surface area (Å²) in [7, 11) is 3.15. The molecule has 0 atom stereocenters. The van der Waals surface area contributed by atoms with Gasteiger partial charge in [0.2, 0.25) is 0 Å². The van der Waals surface area contributed by atoms with Crippen molar-refractivity contribution >= 4 is 17.4 Å². The summed E-state index contributed by atoms with van der Waals surface area (Å²) in [6, 6.07) is 15.0. The quantitative estimate of drug-likeness (QED) is 0.655. The summed E-state index contributed by atoms with van der Waals surface area (Å²) in [4.78, 5) is 20.7. The second kappa shape index (κ2) is 8.85. The molecule has 0 spiro atoms. The standard InChI is InChI=1S/C21H22N4O3/c1-14-6-4-5-7-16(14)25-20-11-17(23-13-24-20)21(26)22-12-15-8-9-18(27-2)19(10-15)28-3/h4-11,13H,12H2,1-3H3,(H,22,26)(H,23,24,25). The van der Waals surface area contributed by atoms with Crippen molar-refractivity contribution in [3.8, 4) is 11.5 Å². The zero-order chi connectivity index (χ0) is 19.9. The zero-order valence-corrected chi connectivity index (χ0v) is 16.0. The molecule has 1 heterocycles. The minimum atomic E-state index is -0.287. The molecule has 144 valence electrons. The molecule has 3 rings (SSSR count). The summed E-state index contributed by atoms with van der Waals surface area (Å²) in [6.07, 6.45) is 1.37. The van der Waals surface area contributed by atoms with Crippen LogP contribution < -0.4 is 20.1 Å². The lowest BCUT2D eigenvalue weighted by Crippen LogP contribution is -2.24. The average Bonchev–Trinajstić information content (AvgIpc) is 2.73. The Morgan fingerprint density at radius 1 is 1.00 bits per heavy atom. The third kappa shape index (κ3) is 4.56. The first-order chi connectivity index (χ1) is 13.6. The molecule has 7 nitrogen and oxygen atoms in total. The van der Waals surface area contributed by atoms with Crippen LogP contribution in [0.4, 0.5) is 11.5 Å². The molecule has 0 saturated heterocycles. The number of aromatic nitrogens is 2. The molecule has 0 aliphatic heterocycles. The number of aryl methyl sites for hydroxylation is 1. The van der Waals surface area contributed by atoms with E-state index in [1.165, 1.54) is 6.33 Å². The fourth-order valence-electron chi connectivity index (χ4n) is 2.66. The maximum Gasteiger partial charge on any atom is 0.270 e. The van der Waals surface area contributed by atoms with Crippen LogP contribution in [0.5, 0.6) is 11.5 Å². The first-order valence-corrected chi connectivity index (χ1v) is 8.74. The highest BCUT2D eigenvalue weighted by atomic mass is 16.5. The Labute approximate surface area is 163 Å². The molecule has 0 saturated carbocycles. The number of hydrogen-bond donors (Lipinski definition) is 2. The van der Waals surface area contributed by atoms with Crippen molar-refractivity contribution < 1.29 is 14.3 Å².